The van der Waals surface area contributed by atoms with Gasteiger partial charge in [-0.2, -0.15) is 4.99 Å². The minimum atomic E-state index is -0.138. The second-order valence-corrected chi connectivity index (χ2v) is 5.67. The van der Waals surface area contributed by atoms with Crippen molar-refractivity contribution in [1.29, 1.82) is 0 Å². The minimum Gasteiger partial charge on any atom is -0.370 e. The van der Waals surface area contributed by atoms with Gasteiger partial charge >= 0.3 is 0 Å². The number of fused-ring (bicyclic) bond motifs is 2. The van der Waals surface area contributed by atoms with Crippen molar-refractivity contribution in [3.05, 3.63) is 35.9 Å². The lowest BCUT2D eigenvalue weighted by molar-refractivity contribution is -0.123. The summed E-state index contributed by atoms with van der Waals surface area (Å²) in [4.78, 5) is 16.1. The molecule has 0 radical (unpaired) electrons. The van der Waals surface area contributed by atoms with E-state index in [1.807, 2.05) is 18.2 Å². The first-order chi connectivity index (χ1) is 9.16. The zero-order valence-electron chi connectivity index (χ0n) is 10.8. The van der Waals surface area contributed by atoms with Gasteiger partial charge in [0.2, 0.25) is 0 Å². The third-order valence-corrected chi connectivity index (χ3v) is 4.63. The lowest BCUT2D eigenvalue weighted by Crippen LogP contribution is -2.31. The fourth-order valence-electron chi connectivity index (χ4n) is 4.00. The Morgan fingerprint density at radius 2 is 1.79 bits per heavy atom. The third-order valence-electron chi connectivity index (χ3n) is 4.63. The quantitative estimate of drug-likeness (QED) is 0.624. The number of nitrogens with zero attached hydrogens (tertiary/aromatic N) is 1. The monoisotopic (exact) mass is 257 g/mol. The van der Waals surface area contributed by atoms with Gasteiger partial charge in [0.1, 0.15) is 0 Å². The highest BCUT2D eigenvalue weighted by Crippen LogP contribution is 2.56. The molecular weight excluding hydrogens is 238 g/mol. The van der Waals surface area contributed by atoms with E-state index in [1.54, 1.807) is 0 Å². The summed E-state index contributed by atoms with van der Waals surface area (Å²) >= 11 is 0. The molecule has 1 amide bonds. The maximum Gasteiger partial charge on any atom is 0.252 e. The van der Waals surface area contributed by atoms with Crippen molar-refractivity contribution in [1.82, 2.24) is 0 Å². The average Bonchev–Trinajstić information content (AvgIpc) is 2.99. The zero-order chi connectivity index (χ0) is 13.4. The van der Waals surface area contributed by atoms with E-state index in [9.17, 15) is 4.79 Å². The van der Waals surface area contributed by atoms with Crippen LogP contribution in [0.4, 0.5) is 0 Å². The molecule has 100 valence electrons. The van der Waals surface area contributed by atoms with Crippen LogP contribution in [0, 0.1) is 17.8 Å². The fourth-order valence-corrected chi connectivity index (χ4v) is 4.00. The highest BCUT2D eigenvalue weighted by atomic mass is 16.1. The highest BCUT2D eigenvalue weighted by molar-refractivity contribution is 5.93. The molecule has 4 heteroatoms. The number of hydrogen-bond acceptors (Lipinski definition) is 1. The summed E-state index contributed by atoms with van der Waals surface area (Å²) in [5.74, 6) is 1.04. The molecule has 2 aliphatic rings. The predicted octanol–water partition coefficient (Wildman–Crippen LogP) is 1.62. The number of aliphatic imine (C=N–C) groups is 1. The summed E-state index contributed by atoms with van der Waals surface area (Å²) in [5, 5.41) is 0. The van der Waals surface area contributed by atoms with Crippen molar-refractivity contribution in [3.63, 3.8) is 0 Å². The molecule has 2 bridgehead atoms. The molecule has 0 aliphatic heterocycles. The molecule has 1 aromatic carbocycles. The van der Waals surface area contributed by atoms with Gasteiger partial charge in [-0.1, -0.05) is 30.3 Å². The molecular formula is C15H19N3O. The molecule has 1 aromatic rings. The predicted molar refractivity (Wildman–Crippen MR) is 74.3 cm³/mol. The van der Waals surface area contributed by atoms with Crippen molar-refractivity contribution in [2.75, 3.05) is 0 Å². The summed E-state index contributed by atoms with van der Waals surface area (Å²) in [6.07, 6.45) is 3.48. The van der Waals surface area contributed by atoms with Crippen LogP contribution in [0.15, 0.2) is 35.3 Å². The van der Waals surface area contributed by atoms with E-state index in [0.717, 1.165) is 12.8 Å². The number of amides is 1. The topological polar surface area (TPSA) is 81.5 Å². The molecule has 0 aromatic heterocycles. The van der Waals surface area contributed by atoms with Gasteiger partial charge in [-0.05, 0) is 42.6 Å². The molecule has 3 rings (SSSR count). The van der Waals surface area contributed by atoms with Crippen LogP contribution in [-0.4, -0.2) is 11.9 Å². The van der Waals surface area contributed by atoms with Crippen LogP contribution in [0.3, 0.4) is 0 Å². The van der Waals surface area contributed by atoms with E-state index in [4.69, 9.17) is 11.5 Å². The number of carbonyl (C=O) groups excluding carboxylic acids is 1. The van der Waals surface area contributed by atoms with Crippen LogP contribution in [0.25, 0.3) is 0 Å². The lowest BCUT2D eigenvalue weighted by Gasteiger charge is -2.29. The molecule has 2 aliphatic carbocycles. The van der Waals surface area contributed by atoms with Gasteiger partial charge in [-0.3, -0.25) is 4.79 Å². The van der Waals surface area contributed by atoms with Crippen molar-refractivity contribution in [2.24, 2.45) is 34.2 Å². The second-order valence-electron chi connectivity index (χ2n) is 5.67. The van der Waals surface area contributed by atoms with Gasteiger partial charge in [0.05, 0.1) is 5.92 Å². The fraction of sp³-hybridized carbons (Fsp3) is 0.467. The van der Waals surface area contributed by atoms with Crippen molar-refractivity contribution in [3.8, 4) is 0 Å². The van der Waals surface area contributed by atoms with Crippen molar-refractivity contribution in [2.45, 2.75) is 25.2 Å². The van der Waals surface area contributed by atoms with Gasteiger partial charge in [-0.25, -0.2) is 0 Å². The molecule has 4 N–H and O–H groups in total. The Morgan fingerprint density at radius 1 is 1.11 bits per heavy atom. The summed E-state index contributed by atoms with van der Waals surface area (Å²) in [7, 11) is 0. The Morgan fingerprint density at radius 3 is 2.47 bits per heavy atom. The van der Waals surface area contributed by atoms with Gasteiger partial charge in [0, 0.05) is 0 Å². The maximum atomic E-state index is 12.3. The van der Waals surface area contributed by atoms with Gasteiger partial charge in [0.25, 0.3) is 5.91 Å². The van der Waals surface area contributed by atoms with Gasteiger partial charge in [-0.15, -0.1) is 0 Å². The smallest absolute Gasteiger partial charge is 0.252 e. The number of nitrogens with two attached hydrogens (primary N) is 2. The minimum absolute atomic E-state index is 0.0387. The molecule has 4 atom stereocenters. The average molecular weight is 257 g/mol. The Bertz CT molecular complexity index is 507. The number of hydrogen-bond donors (Lipinski definition) is 2. The van der Waals surface area contributed by atoms with E-state index < -0.39 is 0 Å². The number of benzene rings is 1. The Kier molecular flexibility index (Phi) is 3.01. The normalized spacial score (nSPS) is 32.2. The molecule has 4 nitrogen and oxygen atoms in total. The van der Waals surface area contributed by atoms with Gasteiger partial charge in [0.15, 0.2) is 5.96 Å². The standard InChI is InChI=1S/C15H19N3O/c16-15(17)18-14(19)13-11-7-6-10(8-11)12(13)9-4-2-1-3-5-9/h1-5,10-13H,6-8H2,(H4,16,17,18,19)/t10?,11?,12-,13-/m0/s1. The SMILES string of the molecule is NC(N)=NC(=O)[C@H]1C2CCC(C2)[C@@H]1c1ccccc1. The Labute approximate surface area is 112 Å². The van der Waals surface area contributed by atoms with E-state index in [1.165, 1.54) is 12.0 Å². The molecule has 2 unspecified atom stereocenters. The lowest BCUT2D eigenvalue weighted by atomic mass is 9.75. The number of guanidine groups is 1. The summed E-state index contributed by atoms with van der Waals surface area (Å²) in [6.45, 7) is 0. The maximum absolute atomic E-state index is 12.3. The molecule has 19 heavy (non-hydrogen) atoms. The van der Waals surface area contributed by atoms with E-state index >= 15 is 0 Å². The van der Waals surface area contributed by atoms with Crippen LogP contribution in [0.2, 0.25) is 0 Å². The molecule has 2 fully saturated rings. The molecule has 0 spiro atoms. The first kappa shape index (κ1) is 12.2. The zero-order valence-corrected chi connectivity index (χ0v) is 10.8. The van der Waals surface area contributed by atoms with Crippen molar-refractivity contribution < 1.29 is 4.79 Å². The summed E-state index contributed by atoms with van der Waals surface area (Å²) < 4.78 is 0. The highest BCUT2D eigenvalue weighted by Gasteiger charge is 2.51. The molecule has 2 saturated carbocycles. The molecule has 0 heterocycles. The summed E-state index contributed by atoms with van der Waals surface area (Å²) in [5.41, 5.74) is 11.9. The van der Waals surface area contributed by atoms with Crippen LogP contribution >= 0.6 is 0 Å². The second kappa shape index (κ2) is 4.68. The van der Waals surface area contributed by atoms with E-state index in [-0.39, 0.29) is 23.7 Å². The summed E-state index contributed by atoms with van der Waals surface area (Å²) in [6, 6.07) is 10.3. The van der Waals surface area contributed by atoms with E-state index in [0.29, 0.717) is 11.8 Å². The van der Waals surface area contributed by atoms with Crippen LogP contribution in [0.1, 0.15) is 30.7 Å². The Hall–Kier alpha value is -1.84. The Balaban J connectivity index is 1.93. The first-order valence-corrected chi connectivity index (χ1v) is 6.85. The number of carbonyl (C=O) groups is 1. The molecule has 0 saturated heterocycles. The van der Waals surface area contributed by atoms with Crippen molar-refractivity contribution >= 4 is 11.9 Å². The van der Waals surface area contributed by atoms with Crippen LogP contribution < -0.4 is 11.5 Å². The van der Waals surface area contributed by atoms with E-state index in [2.05, 4.69) is 17.1 Å². The van der Waals surface area contributed by atoms with Crippen LogP contribution in [-0.2, 0) is 4.79 Å². The first-order valence-electron chi connectivity index (χ1n) is 6.85. The van der Waals surface area contributed by atoms with Gasteiger partial charge < -0.3 is 11.5 Å². The third kappa shape index (κ3) is 2.11. The van der Waals surface area contributed by atoms with Crippen LogP contribution in [0.5, 0.6) is 0 Å². The largest absolute Gasteiger partial charge is 0.370 e. The number of rotatable bonds is 2.